The zero-order valence-corrected chi connectivity index (χ0v) is 16.4. The van der Waals surface area contributed by atoms with Gasteiger partial charge in [-0.25, -0.2) is 0 Å². The Kier molecular flexibility index (Phi) is 5.52. The predicted molar refractivity (Wildman–Crippen MR) is 104 cm³/mol. The summed E-state index contributed by atoms with van der Waals surface area (Å²) in [6.45, 7) is 4.28. The van der Waals surface area contributed by atoms with E-state index in [-0.39, 0.29) is 11.9 Å². The average molecular weight is 418 g/mol. The van der Waals surface area contributed by atoms with Gasteiger partial charge in [-0.1, -0.05) is 18.2 Å². The number of benzene rings is 2. The molecule has 2 aromatic carbocycles. The van der Waals surface area contributed by atoms with Gasteiger partial charge >= 0.3 is 0 Å². The second-order valence-corrected chi connectivity index (χ2v) is 6.66. The number of halogens is 1. The Morgan fingerprint density at radius 2 is 2.04 bits per heavy atom. The maximum absolute atomic E-state index is 12.7. The minimum Gasteiger partial charge on any atom is -0.493 e. The van der Waals surface area contributed by atoms with Gasteiger partial charge in [-0.2, -0.15) is 0 Å². The fourth-order valence-electron chi connectivity index (χ4n) is 2.70. The lowest BCUT2D eigenvalue weighted by Gasteiger charge is -2.15. The van der Waals surface area contributed by atoms with E-state index in [4.69, 9.17) is 13.9 Å². The highest BCUT2D eigenvalue weighted by molar-refractivity contribution is 9.10. The van der Waals surface area contributed by atoms with Crippen molar-refractivity contribution in [3.05, 3.63) is 58.3 Å². The van der Waals surface area contributed by atoms with Crippen molar-refractivity contribution in [1.29, 1.82) is 0 Å². The van der Waals surface area contributed by atoms with Crippen molar-refractivity contribution >= 4 is 32.8 Å². The Labute approximate surface area is 160 Å². The van der Waals surface area contributed by atoms with E-state index >= 15 is 0 Å². The first-order valence-corrected chi connectivity index (χ1v) is 9.12. The van der Waals surface area contributed by atoms with Crippen molar-refractivity contribution in [1.82, 2.24) is 5.32 Å². The lowest BCUT2D eigenvalue weighted by molar-refractivity contribution is 0.0935. The highest BCUT2D eigenvalue weighted by Gasteiger charge is 2.19. The molecule has 3 rings (SSSR count). The summed E-state index contributed by atoms with van der Waals surface area (Å²) in [4.78, 5) is 12.7. The summed E-state index contributed by atoms with van der Waals surface area (Å²) in [6.07, 6.45) is 0. The number of hydrogen-bond acceptors (Lipinski definition) is 4. The number of ether oxygens (including phenoxy) is 2. The number of furan rings is 1. The van der Waals surface area contributed by atoms with E-state index in [1.807, 2.05) is 44.2 Å². The van der Waals surface area contributed by atoms with Gasteiger partial charge in [0.25, 0.3) is 5.91 Å². The largest absolute Gasteiger partial charge is 0.493 e. The van der Waals surface area contributed by atoms with Crippen LogP contribution < -0.4 is 14.8 Å². The smallest absolute Gasteiger partial charge is 0.252 e. The van der Waals surface area contributed by atoms with Gasteiger partial charge in [0.1, 0.15) is 11.3 Å². The van der Waals surface area contributed by atoms with Crippen LogP contribution in [0.4, 0.5) is 0 Å². The van der Waals surface area contributed by atoms with Crippen LogP contribution in [0.15, 0.2) is 51.4 Å². The van der Waals surface area contributed by atoms with Gasteiger partial charge in [-0.05, 0) is 54.0 Å². The van der Waals surface area contributed by atoms with E-state index in [2.05, 4.69) is 21.2 Å². The number of carbonyl (C=O) groups excluding carboxylic acids is 1. The summed E-state index contributed by atoms with van der Waals surface area (Å²) in [6, 6.07) is 12.8. The van der Waals surface area contributed by atoms with Crippen molar-refractivity contribution in [3.63, 3.8) is 0 Å². The number of rotatable bonds is 6. The second-order valence-electron chi connectivity index (χ2n) is 5.80. The number of fused-ring (bicyclic) bond motifs is 1. The Morgan fingerprint density at radius 3 is 2.73 bits per heavy atom. The number of amides is 1. The summed E-state index contributed by atoms with van der Waals surface area (Å²) >= 11 is 3.44. The van der Waals surface area contributed by atoms with Gasteiger partial charge in [0.05, 0.1) is 24.2 Å². The molecule has 0 saturated carbocycles. The van der Waals surface area contributed by atoms with Crippen LogP contribution in [0, 0.1) is 0 Å². The van der Waals surface area contributed by atoms with Gasteiger partial charge < -0.3 is 19.2 Å². The molecule has 1 heterocycles. The highest BCUT2D eigenvalue weighted by Crippen LogP contribution is 2.36. The number of nitrogens with one attached hydrogen (secondary N) is 1. The van der Waals surface area contributed by atoms with Gasteiger partial charge in [0.2, 0.25) is 0 Å². The molecule has 1 amide bonds. The standard InChI is InChI=1S/C20H20BrNO4/c1-4-25-19-15(21)9-14(11-18(19)24-3)20(23)22-12(2)17-10-13-7-5-6-8-16(13)26-17/h5-12H,4H2,1-3H3,(H,22,23)/t12-/m0/s1. The minimum atomic E-state index is -0.272. The van der Waals surface area contributed by atoms with Crippen molar-refractivity contribution < 1.29 is 18.7 Å². The lowest BCUT2D eigenvalue weighted by Crippen LogP contribution is -2.26. The first-order valence-electron chi connectivity index (χ1n) is 8.33. The van der Waals surface area contributed by atoms with Crippen LogP contribution in [0.3, 0.4) is 0 Å². The molecule has 0 radical (unpaired) electrons. The molecule has 5 nitrogen and oxygen atoms in total. The normalized spacial score (nSPS) is 12.0. The van der Waals surface area contributed by atoms with E-state index in [0.717, 1.165) is 11.0 Å². The molecule has 0 saturated heterocycles. The van der Waals surface area contributed by atoms with E-state index in [9.17, 15) is 4.79 Å². The fourth-order valence-corrected chi connectivity index (χ4v) is 3.26. The predicted octanol–water partition coefficient (Wildman–Crippen LogP) is 5.09. The van der Waals surface area contributed by atoms with Crippen molar-refractivity contribution in [2.75, 3.05) is 13.7 Å². The Hall–Kier alpha value is -2.47. The molecule has 0 aliphatic rings. The Morgan fingerprint density at radius 1 is 1.27 bits per heavy atom. The van der Waals surface area contributed by atoms with Gasteiger partial charge in [0.15, 0.2) is 11.5 Å². The third-order valence-corrected chi connectivity index (χ3v) is 4.59. The van der Waals surface area contributed by atoms with Gasteiger partial charge in [-0.3, -0.25) is 4.79 Å². The SMILES string of the molecule is CCOc1c(Br)cc(C(=O)N[C@@H](C)c2cc3ccccc3o2)cc1OC. The van der Waals surface area contributed by atoms with Crippen molar-refractivity contribution in [2.24, 2.45) is 0 Å². The van der Waals surface area contributed by atoms with Crippen LogP contribution in [-0.2, 0) is 0 Å². The number of para-hydroxylation sites is 1. The third kappa shape index (κ3) is 3.70. The van der Waals surface area contributed by atoms with Crippen LogP contribution in [0.1, 0.15) is 36.0 Å². The molecule has 1 N–H and O–H groups in total. The number of methoxy groups -OCH3 is 1. The fraction of sp³-hybridized carbons (Fsp3) is 0.250. The molecule has 1 aromatic heterocycles. The van der Waals surface area contributed by atoms with Gasteiger partial charge in [0, 0.05) is 10.9 Å². The maximum atomic E-state index is 12.7. The Balaban J connectivity index is 1.81. The summed E-state index contributed by atoms with van der Waals surface area (Å²) < 4.78 is 17.4. The quantitative estimate of drug-likeness (QED) is 0.606. The number of carbonyl (C=O) groups is 1. The first kappa shape index (κ1) is 18.3. The molecule has 0 aliphatic carbocycles. The van der Waals surface area contributed by atoms with E-state index in [1.54, 1.807) is 19.2 Å². The van der Waals surface area contributed by atoms with Crippen molar-refractivity contribution in [3.8, 4) is 11.5 Å². The van der Waals surface area contributed by atoms with E-state index in [0.29, 0.717) is 33.9 Å². The Bertz CT molecular complexity index is 902. The van der Waals surface area contributed by atoms with Crippen LogP contribution in [0.2, 0.25) is 0 Å². The second kappa shape index (κ2) is 7.83. The molecular formula is C20H20BrNO4. The zero-order chi connectivity index (χ0) is 18.7. The molecule has 26 heavy (non-hydrogen) atoms. The molecule has 0 spiro atoms. The van der Waals surface area contributed by atoms with Crippen LogP contribution >= 0.6 is 15.9 Å². The summed E-state index contributed by atoms with van der Waals surface area (Å²) in [5.41, 5.74) is 1.27. The average Bonchev–Trinajstić information content (AvgIpc) is 3.07. The molecule has 136 valence electrons. The minimum absolute atomic E-state index is 0.222. The summed E-state index contributed by atoms with van der Waals surface area (Å²) in [5, 5.41) is 3.96. The van der Waals surface area contributed by atoms with Gasteiger partial charge in [-0.15, -0.1) is 0 Å². The molecule has 0 bridgehead atoms. The molecule has 0 fully saturated rings. The molecule has 0 aliphatic heterocycles. The van der Waals surface area contributed by atoms with Crippen LogP contribution in [-0.4, -0.2) is 19.6 Å². The molecule has 1 atom stereocenters. The summed E-state index contributed by atoms with van der Waals surface area (Å²) in [7, 11) is 1.54. The third-order valence-electron chi connectivity index (χ3n) is 4.00. The molecular weight excluding hydrogens is 398 g/mol. The highest BCUT2D eigenvalue weighted by atomic mass is 79.9. The lowest BCUT2D eigenvalue weighted by atomic mass is 10.1. The van der Waals surface area contributed by atoms with E-state index in [1.165, 1.54) is 0 Å². The molecule has 6 heteroatoms. The first-order chi connectivity index (χ1) is 12.5. The molecule has 0 unspecified atom stereocenters. The monoisotopic (exact) mass is 417 g/mol. The van der Waals surface area contributed by atoms with Crippen LogP contribution in [0.5, 0.6) is 11.5 Å². The maximum Gasteiger partial charge on any atom is 0.252 e. The van der Waals surface area contributed by atoms with Crippen molar-refractivity contribution in [2.45, 2.75) is 19.9 Å². The summed E-state index contributed by atoms with van der Waals surface area (Å²) in [5.74, 6) is 1.57. The molecule has 3 aromatic rings. The number of hydrogen-bond donors (Lipinski definition) is 1. The van der Waals surface area contributed by atoms with Crippen LogP contribution in [0.25, 0.3) is 11.0 Å². The van der Waals surface area contributed by atoms with E-state index < -0.39 is 0 Å². The topological polar surface area (TPSA) is 60.7 Å². The zero-order valence-electron chi connectivity index (χ0n) is 14.8.